The smallest absolute Gasteiger partial charge is 0.233 e. The predicted molar refractivity (Wildman–Crippen MR) is 113 cm³/mol. The van der Waals surface area contributed by atoms with Crippen LogP contribution in [-0.2, 0) is 0 Å². The minimum atomic E-state index is -0.282. The number of benzene rings is 2. The van der Waals surface area contributed by atoms with Gasteiger partial charge in [0.25, 0.3) is 0 Å². The maximum Gasteiger partial charge on any atom is 0.233 e. The van der Waals surface area contributed by atoms with Gasteiger partial charge < -0.3 is 15.5 Å². The van der Waals surface area contributed by atoms with E-state index in [1.54, 1.807) is 12.1 Å². The lowest BCUT2D eigenvalue weighted by molar-refractivity contribution is 0.628. The lowest BCUT2D eigenvalue weighted by Gasteiger charge is -2.17. The molecule has 3 aromatic rings. The molecule has 2 N–H and O–H groups in total. The van der Waals surface area contributed by atoms with Crippen molar-refractivity contribution in [2.75, 3.05) is 28.6 Å². The number of anilines is 5. The van der Waals surface area contributed by atoms with Gasteiger partial charge in [-0.1, -0.05) is 12.1 Å². The maximum absolute atomic E-state index is 13.1. The summed E-state index contributed by atoms with van der Waals surface area (Å²) in [5.41, 5.74) is 2.79. The topological polar surface area (TPSA) is 66.0 Å². The average molecular weight is 401 g/mol. The highest BCUT2D eigenvalue weighted by Crippen LogP contribution is 2.23. The van der Waals surface area contributed by atoms with Crippen LogP contribution in [0.5, 0.6) is 0 Å². The van der Waals surface area contributed by atoms with Crippen LogP contribution in [0, 0.1) is 12.7 Å². The number of rotatable bonds is 5. The first kappa shape index (κ1) is 19.8. The van der Waals surface area contributed by atoms with Crippen molar-refractivity contribution < 1.29 is 4.39 Å². The van der Waals surface area contributed by atoms with Gasteiger partial charge in [-0.25, -0.2) is 4.39 Å². The molecule has 1 fully saturated rings. The fourth-order valence-corrected chi connectivity index (χ4v) is 3.05. The van der Waals surface area contributed by atoms with Crippen molar-refractivity contribution in [3.8, 4) is 0 Å². The number of aryl methyl sites for hydroxylation is 1. The van der Waals surface area contributed by atoms with Crippen molar-refractivity contribution in [3.63, 3.8) is 0 Å². The van der Waals surface area contributed by atoms with Crippen LogP contribution in [0.25, 0.3) is 0 Å². The standard InChI is InChI=1S/C20H21FN6.ClH/c1-14-5-4-6-17(13-14)23-19-24-18(22-16-9-7-15(21)8-10-16)25-20(26-19)27-11-2-3-12-27;/h4-10,13H,2-3,11-12H2,1H3,(H2,22,23,24,25,26);1H. The third kappa shape index (κ3) is 4.86. The minimum absolute atomic E-state index is 0. The third-order valence-electron chi connectivity index (χ3n) is 4.39. The molecule has 0 saturated carbocycles. The highest BCUT2D eigenvalue weighted by atomic mass is 35.5. The lowest BCUT2D eigenvalue weighted by Crippen LogP contribution is -2.21. The van der Waals surface area contributed by atoms with E-state index in [1.807, 2.05) is 31.2 Å². The van der Waals surface area contributed by atoms with Crippen molar-refractivity contribution in [1.29, 1.82) is 0 Å². The van der Waals surface area contributed by atoms with Crippen LogP contribution in [-0.4, -0.2) is 28.0 Å². The van der Waals surface area contributed by atoms with Crippen molar-refractivity contribution in [2.45, 2.75) is 19.8 Å². The molecule has 1 aromatic heterocycles. The fourth-order valence-electron chi connectivity index (χ4n) is 3.05. The van der Waals surface area contributed by atoms with E-state index in [-0.39, 0.29) is 18.2 Å². The van der Waals surface area contributed by atoms with Gasteiger partial charge in [-0.05, 0) is 61.7 Å². The first-order chi connectivity index (χ1) is 13.2. The number of nitrogens with zero attached hydrogens (tertiary/aromatic N) is 4. The predicted octanol–water partition coefficient (Wildman–Crippen LogP) is 4.83. The molecular weight excluding hydrogens is 379 g/mol. The molecule has 0 radical (unpaired) electrons. The SMILES string of the molecule is Cc1cccc(Nc2nc(Nc3ccc(F)cc3)nc(N3CCCC3)n2)c1.Cl. The molecular formula is C20H22ClFN6. The number of aromatic nitrogens is 3. The molecule has 4 rings (SSSR count). The molecule has 0 amide bonds. The zero-order valence-corrected chi connectivity index (χ0v) is 16.3. The lowest BCUT2D eigenvalue weighted by atomic mass is 10.2. The summed E-state index contributed by atoms with van der Waals surface area (Å²) < 4.78 is 13.1. The van der Waals surface area contributed by atoms with E-state index in [9.17, 15) is 4.39 Å². The molecule has 0 bridgehead atoms. The first-order valence-corrected chi connectivity index (χ1v) is 9.03. The highest BCUT2D eigenvalue weighted by molar-refractivity contribution is 5.85. The van der Waals surface area contributed by atoms with Crippen molar-refractivity contribution in [1.82, 2.24) is 15.0 Å². The number of nitrogens with one attached hydrogen (secondary N) is 2. The van der Waals surface area contributed by atoms with Crippen LogP contribution in [0.15, 0.2) is 48.5 Å². The van der Waals surface area contributed by atoms with Gasteiger partial charge in [-0.2, -0.15) is 15.0 Å². The van der Waals surface area contributed by atoms with E-state index in [0.717, 1.165) is 42.9 Å². The average Bonchev–Trinajstić information content (AvgIpc) is 3.18. The van der Waals surface area contributed by atoms with E-state index in [0.29, 0.717) is 17.8 Å². The Kier molecular flexibility index (Phi) is 6.26. The van der Waals surface area contributed by atoms with E-state index < -0.39 is 0 Å². The summed E-state index contributed by atoms with van der Waals surface area (Å²) in [6.45, 7) is 3.91. The molecule has 0 unspecified atom stereocenters. The van der Waals surface area contributed by atoms with Crippen LogP contribution in [0.3, 0.4) is 0 Å². The highest BCUT2D eigenvalue weighted by Gasteiger charge is 2.17. The molecule has 8 heteroatoms. The second-order valence-corrected chi connectivity index (χ2v) is 6.60. The number of hydrogen-bond acceptors (Lipinski definition) is 6. The Morgan fingerprint density at radius 1 is 0.857 bits per heavy atom. The van der Waals surface area contributed by atoms with Crippen molar-refractivity contribution in [3.05, 3.63) is 59.9 Å². The molecule has 0 atom stereocenters. The molecule has 1 aliphatic rings. The van der Waals surface area contributed by atoms with E-state index in [1.165, 1.54) is 12.1 Å². The summed E-state index contributed by atoms with van der Waals surface area (Å²) in [5.74, 6) is 1.26. The summed E-state index contributed by atoms with van der Waals surface area (Å²) >= 11 is 0. The molecule has 0 spiro atoms. The molecule has 6 nitrogen and oxygen atoms in total. The molecule has 0 aliphatic carbocycles. The van der Waals surface area contributed by atoms with Crippen LogP contribution >= 0.6 is 12.4 Å². The van der Waals surface area contributed by atoms with Crippen molar-refractivity contribution in [2.24, 2.45) is 0 Å². The Bertz CT molecular complexity index is 928. The van der Waals surface area contributed by atoms with Gasteiger partial charge >= 0.3 is 0 Å². The largest absolute Gasteiger partial charge is 0.341 e. The third-order valence-corrected chi connectivity index (χ3v) is 4.39. The molecule has 146 valence electrons. The zero-order valence-electron chi connectivity index (χ0n) is 15.5. The molecule has 2 aromatic carbocycles. The Balaban J connectivity index is 0.00000225. The normalized spacial score (nSPS) is 13.1. The van der Waals surface area contributed by atoms with Gasteiger partial charge in [0.15, 0.2) is 0 Å². The van der Waals surface area contributed by atoms with Crippen LogP contribution < -0.4 is 15.5 Å². The maximum atomic E-state index is 13.1. The van der Waals surface area contributed by atoms with E-state index in [2.05, 4.69) is 30.5 Å². The second kappa shape index (κ2) is 8.84. The zero-order chi connectivity index (χ0) is 18.6. The summed E-state index contributed by atoms with van der Waals surface area (Å²) in [7, 11) is 0. The van der Waals surface area contributed by atoms with Gasteiger partial charge in [0.2, 0.25) is 17.8 Å². The van der Waals surface area contributed by atoms with Gasteiger partial charge in [0, 0.05) is 24.5 Å². The Morgan fingerprint density at radius 3 is 2.14 bits per heavy atom. The summed E-state index contributed by atoms with van der Waals surface area (Å²) in [5, 5.41) is 6.39. The summed E-state index contributed by atoms with van der Waals surface area (Å²) in [6.07, 6.45) is 2.26. The monoisotopic (exact) mass is 400 g/mol. The molecule has 1 saturated heterocycles. The second-order valence-electron chi connectivity index (χ2n) is 6.60. The van der Waals surface area contributed by atoms with Crippen LogP contribution in [0.2, 0.25) is 0 Å². The Morgan fingerprint density at radius 2 is 1.50 bits per heavy atom. The van der Waals surface area contributed by atoms with Gasteiger partial charge in [0.05, 0.1) is 0 Å². The van der Waals surface area contributed by atoms with E-state index in [4.69, 9.17) is 0 Å². The molecule has 28 heavy (non-hydrogen) atoms. The number of halogens is 2. The van der Waals surface area contributed by atoms with E-state index >= 15 is 0 Å². The van der Waals surface area contributed by atoms with Gasteiger partial charge in [0.1, 0.15) is 5.82 Å². The van der Waals surface area contributed by atoms with Crippen LogP contribution in [0.1, 0.15) is 18.4 Å². The van der Waals surface area contributed by atoms with Crippen molar-refractivity contribution >= 4 is 41.6 Å². The van der Waals surface area contributed by atoms with Crippen LogP contribution in [0.4, 0.5) is 33.6 Å². The van der Waals surface area contributed by atoms with Gasteiger partial charge in [-0.15, -0.1) is 12.4 Å². The Hall–Kier alpha value is -2.93. The summed E-state index contributed by atoms with van der Waals surface area (Å²) in [6, 6.07) is 14.1. The molecule has 2 heterocycles. The first-order valence-electron chi connectivity index (χ1n) is 9.03. The number of hydrogen-bond donors (Lipinski definition) is 2. The molecule has 1 aliphatic heterocycles. The fraction of sp³-hybridized carbons (Fsp3) is 0.250. The summed E-state index contributed by atoms with van der Waals surface area (Å²) in [4.78, 5) is 15.8. The minimum Gasteiger partial charge on any atom is -0.341 e. The Labute approximate surface area is 169 Å². The van der Waals surface area contributed by atoms with Gasteiger partial charge in [-0.3, -0.25) is 0 Å². The quantitative estimate of drug-likeness (QED) is 0.639.